The minimum absolute atomic E-state index is 0.0675. The van der Waals surface area contributed by atoms with Crippen LogP contribution in [0.4, 0.5) is 0 Å². The molecule has 0 bridgehead atoms. The number of unbranched alkanes of at least 4 members (excludes halogenated alkanes) is 1. The molecule has 0 amide bonds. The molecule has 0 saturated carbocycles. The average molecular weight is 621 g/mol. The molecule has 0 radical (unpaired) electrons. The predicted octanol–water partition coefficient (Wildman–Crippen LogP) is 3.20. The lowest BCUT2D eigenvalue weighted by Crippen LogP contribution is -2.43. The Morgan fingerprint density at radius 3 is 2.51 bits per heavy atom. The second-order valence-electron chi connectivity index (χ2n) is 10.5. The fourth-order valence-electron chi connectivity index (χ4n) is 4.34. The fourth-order valence-corrected chi connectivity index (χ4v) is 5.84. The Hall–Kier alpha value is -3.76. The zero-order valence-corrected chi connectivity index (χ0v) is 25.6. The van der Waals surface area contributed by atoms with Gasteiger partial charge in [-0.2, -0.15) is 10.3 Å². The number of rotatable bonds is 14. The van der Waals surface area contributed by atoms with Crippen molar-refractivity contribution in [1.82, 2.24) is 14.6 Å². The fraction of sp³-hybridized carbons (Fsp3) is 0.536. The van der Waals surface area contributed by atoms with Crippen molar-refractivity contribution in [2.45, 2.75) is 84.5 Å². The van der Waals surface area contributed by atoms with Crippen molar-refractivity contribution < 1.29 is 37.4 Å². The van der Waals surface area contributed by atoms with Gasteiger partial charge in [-0.25, -0.2) is 9.36 Å². The van der Waals surface area contributed by atoms with Gasteiger partial charge in [0, 0.05) is 18.7 Å². The number of esters is 2. The van der Waals surface area contributed by atoms with Gasteiger partial charge in [-0.15, -0.1) is 0 Å². The first kappa shape index (κ1) is 33.7. The molecule has 234 valence electrons. The number of para-hydroxylation sites is 1. The smallest absolute Gasteiger partial charge is 0.459 e. The van der Waals surface area contributed by atoms with Gasteiger partial charge in [-0.05, 0) is 46.2 Å². The Bertz CT molecular complexity index is 1470. The van der Waals surface area contributed by atoms with Crippen LogP contribution in [0.1, 0.15) is 60.1 Å². The van der Waals surface area contributed by atoms with E-state index in [1.165, 1.54) is 26.0 Å². The summed E-state index contributed by atoms with van der Waals surface area (Å²) in [5.41, 5.74) is -3.16. The summed E-state index contributed by atoms with van der Waals surface area (Å²) in [4.78, 5) is 51.6. The molecule has 3 rings (SSSR count). The number of H-pyrrole nitrogens is 1. The number of carbonyl (C=O) groups excluding carboxylic acids is 2. The summed E-state index contributed by atoms with van der Waals surface area (Å²) in [5.74, 6) is -1.15. The van der Waals surface area contributed by atoms with E-state index < -0.39 is 73.5 Å². The predicted molar refractivity (Wildman–Crippen MR) is 153 cm³/mol. The average Bonchev–Trinajstić information content (AvgIpc) is 3.22. The molecular weight excluding hydrogens is 583 g/mol. The van der Waals surface area contributed by atoms with Gasteiger partial charge in [0.2, 0.25) is 0 Å². The van der Waals surface area contributed by atoms with Gasteiger partial charge < -0.3 is 18.7 Å². The molecule has 6 atom stereocenters. The van der Waals surface area contributed by atoms with Crippen LogP contribution >= 0.6 is 7.75 Å². The van der Waals surface area contributed by atoms with Gasteiger partial charge in [0.05, 0.1) is 18.8 Å². The molecule has 1 aliphatic heterocycles. The van der Waals surface area contributed by atoms with Gasteiger partial charge in [0.25, 0.3) is 5.56 Å². The van der Waals surface area contributed by atoms with Crippen LogP contribution in [0.5, 0.6) is 5.75 Å². The third-order valence-electron chi connectivity index (χ3n) is 6.52. The van der Waals surface area contributed by atoms with E-state index in [4.69, 9.17) is 23.3 Å². The van der Waals surface area contributed by atoms with Crippen LogP contribution in [0.3, 0.4) is 0 Å². The number of ether oxygens (including phenoxy) is 3. The quantitative estimate of drug-likeness (QED) is 0.232. The second-order valence-corrected chi connectivity index (χ2v) is 12.2. The highest BCUT2D eigenvalue weighted by molar-refractivity contribution is 7.52. The third kappa shape index (κ3) is 8.64. The minimum Gasteiger partial charge on any atom is -0.462 e. The molecule has 43 heavy (non-hydrogen) atoms. The Labute approximate surface area is 248 Å². The largest absolute Gasteiger partial charge is 0.462 e. The Kier molecular flexibility index (Phi) is 11.5. The lowest BCUT2D eigenvalue weighted by Gasteiger charge is -2.29. The van der Waals surface area contributed by atoms with Crippen molar-refractivity contribution in [1.29, 1.82) is 5.26 Å². The first-order valence-corrected chi connectivity index (χ1v) is 15.4. The number of hydrogen-bond acceptors (Lipinski definition) is 11. The SMILES string of the molecule is CCCCC(=O)O[C@@H]1C(COP(=O)(N[C@@H](C)C(=O)OC(C)C)Oc2ccccc2)O[C@@H](n2ccc(=O)[nH]c2=O)[C@]1(C)C#N. The van der Waals surface area contributed by atoms with E-state index in [-0.39, 0.29) is 12.2 Å². The van der Waals surface area contributed by atoms with E-state index >= 15 is 0 Å². The maximum atomic E-state index is 14.0. The Morgan fingerprint density at radius 1 is 1.21 bits per heavy atom. The topological polar surface area (TPSA) is 188 Å². The number of nitriles is 1. The monoisotopic (exact) mass is 620 g/mol. The minimum atomic E-state index is -4.35. The van der Waals surface area contributed by atoms with Gasteiger partial charge >= 0.3 is 25.4 Å². The van der Waals surface area contributed by atoms with E-state index in [1.807, 2.05) is 6.92 Å². The van der Waals surface area contributed by atoms with Crippen LogP contribution in [-0.4, -0.2) is 52.5 Å². The molecule has 14 nitrogen and oxygen atoms in total. The van der Waals surface area contributed by atoms with Crippen molar-refractivity contribution in [3.8, 4) is 11.8 Å². The third-order valence-corrected chi connectivity index (χ3v) is 8.16. The number of aromatic nitrogens is 2. The second kappa shape index (κ2) is 14.6. The maximum absolute atomic E-state index is 14.0. The van der Waals surface area contributed by atoms with Crippen molar-refractivity contribution >= 4 is 19.7 Å². The molecular formula is C28H37N4O10P. The molecule has 2 heterocycles. The summed E-state index contributed by atoms with van der Waals surface area (Å²) in [6.07, 6.45) is -1.80. The molecule has 2 unspecified atom stereocenters. The lowest BCUT2D eigenvalue weighted by molar-refractivity contribution is -0.156. The van der Waals surface area contributed by atoms with Gasteiger partial charge in [0.1, 0.15) is 23.3 Å². The van der Waals surface area contributed by atoms with Crippen LogP contribution in [-0.2, 0) is 32.9 Å². The van der Waals surface area contributed by atoms with Crippen molar-refractivity contribution in [3.05, 3.63) is 63.4 Å². The molecule has 0 aliphatic carbocycles. The molecule has 2 aromatic rings. The molecule has 1 saturated heterocycles. The number of nitrogens with zero attached hydrogens (tertiary/aromatic N) is 2. The maximum Gasteiger partial charge on any atom is 0.459 e. The van der Waals surface area contributed by atoms with Gasteiger partial charge in [-0.1, -0.05) is 31.5 Å². The van der Waals surface area contributed by atoms with E-state index in [0.29, 0.717) is 6.42 Å². The Morgan fingerprint density at radius 2 is 1.91 bits per heavy atom. The molecule has 1 fully saturated rings. The molecule has 0 spiro atoms. The summed E-state index contributed by atoms with van der Waals surface area (Å²) in [6, 6.07) is 10.1. The Balaban J connectivity index is 1.95. The molecule has 1 aromatic heterocycles. The summed E-state index contributed by atoms with van der Waals surface area (Å²) in [6.45, 7) is 7.53. The van der Waals surface area contributed by atoms with E-state index in [9.17, 15) is 29.0 Å². The number of carbonyl (C=O) groups is 2. The molecule has 1 aromatic carbocycles. The number of hydrogen-bond donors (Lipinski definition) is 2. The zero-order chi connectivity index (χ0) is 31.8. The summed E-state index contributed by atoms with van der Waals surface area (Å²) >= 11 is 0. The number of aromatic amines is 1. The summed E-state index contributed by atoms with van der Waals surface area (Å²) in [5, 5.41) is 12.8. The molecule has 15 heteroatoms. The van der Waals surface area contributed by atoms with Crippen molar-refractivity contribution in [3.63, 3.8) is 0 Å². The lowest BCUT2D eigenvalue weighted by atomic mass is 9.83. The summed E-state index contributed by atoms with van der Waals surface area (Å²) in [7, 11) is -4.35. The first-order valence-electron chi connectivity index (χ1n) is 13.9. The standard InChI is InChI=1S/C28H37N4O10P/c1-6-7-13-23(34)41-24-21(40-26(28(24,5)17-29)32-15-14-22(33)30-27(32)36)16-38-43(37,42-20-11-9-8-10-12-20)31-19(4)25(35)39-18(2)3/h8-12,14-15,18-19,21,24,26H,6-7,13,16H2,1-5H3,(H,31,37)(H,30,33,36)/t19-,21?,24+,26+,28+,43?/m0/s1. The van der Waals surface area contributed by atoms with E-state index in [0.717, 1.165) is 23.3 Å². The normalized spacial score (nSPS) is 23.6. The van der Waals surface area contributed by atoms with Gasteiger partial charge in [-0.3, -0.25) is 28.5 Å². The zero-order valence-electron chi connectivity index (χ0n) is 24.7. The highest BCUT2D eigenvalue weighted by Crippen LogP contribution is 2.49. The first-order chi connectivity index (χ1) is 20.3. The van der Waals surface area contributed by atoms with Crippen LogP contribution < -0.4 is 20.9 Å². The van der Waals surface area contributed by atoms with E-state index in [1.54, 1.807) is 32.0 Å². The number of benzene rings is 1. The molecule has 1 aliphatic rings. The van der Waals surface area contributed by atoms with Crippen molar-refractivity contribution in [2.75, 3.05) is 6.61 Å². The highest BCUT2D eigenvalue weighted by atomic mass is 31.2. The van der Waals surface area contributed by atoms with Crippen molar-refractivity contribution in [2.24, 2.45) is 5.41 Å². The molecule has 2 N–H and O–H groups in total. The highest BCUT2D eigenvalue weighted by Gasteiger charge is 2.58. The van der Waals surface area contributed by atoms with Gasteiger partial charge in [0.15, 0.2) is 12.3 Å². The van der Waals surface area contributed by atoms with Crippen LogP contribution in [0, 0.1) is 16.7 Å². The summed E-state index contributed by atoms with van der Waals surface area (Å²) < 4.78 is 43.4. The number of nitrogens with one attached hydrogen (secondary N) is 2. The van der Waals surface area contributed by atoms with Crippen LogP contribution in [0.2, 0.25) is 0 Å². The van der Waals surface area contributed by atoms with Crippen LogP contribution in [0.25, 0.3) is 0 Å². The van der Waals surface area contributed by atoms with E-state index in [2.05, 4.69) is 16.1 Å². The van der Waals surface area contributed by atoms with Crippen LogP contribution in [0.15, 0.2) is 52.2 Å².